The van der Waals surface area contributed by atoms with Crippen molar-refractivity contribution in [3.8, 4) is 0 Å². The molecular formula is C10H13BrS. The molecule has 1 rings (SSSR count). The molecule has 0 aliphatic rings. The van der Waals surface area contributed by atoms with Crippen LogP contribution < -0.4 is 0 Å². The molecule has 1 aromatic carbocycles. The lowest BCUT2D eigenvalue weighted by Crippen LogP contribution is -1.90. The van der Waals surface area contributed by atoms with Crippen molar-refractivity contribution in [1.82, 2.24) is 0 Å². The van der Waals surface area contributed by atoms with Crippen molar-refractivity contribution in [3.05, 3.63) is 34.3 Å². The van der Waals surface area contributed by atoms with E-state index in [2.05, 4.69) is 53.4 Å². The predicted octanol–water partition coefficient (Wildman–Crippen LogP) is 4.26. The van der Waals surface area contributed by atoms with Gasteiger partial charge in [-0.3, -0.25) is 0 Å². The van der Waals surface area contributed by atoms with Crippen molar-refractivity contribution in [2.75, 3.05) is 6.26 Å². The van der Waals surface area contributed by atoms with E-state index in [4.69, 9.17) is 0 Å². The minimum Gasteiger partial charge on any atom is -0.157 e. The Balaban J connectivity index is 2.80. The first-order valence-corrected chi connectivity index (χ1v) is 6.14. The number of thioether (sulfide) groups is 1. The SMILES string of the molecule is CCC(SC)c1ccc(Br)cc1. The Morgan fingerprint density at radius 3 is 2.33 bits per heavy atom. The van der Waals surface area contributed by atoms with Crippen LogP contribution in [-0.4, -0.2) is 6.26 Å². The zero-order chi connectivity index (χ0) is 8.97. The van der Waals surface area contributed by atoms with Crippen LogP contribution in [-0.2, 0) is 0 Å². The summed E-state index contributed by atoms with van der Waals surface area (Å²) >= 11 is 5.35. The number of rotatable bonds is 3. The molecule has 66 valence electrons. The molecule has 0 spiro atoms. The molecular weight excluding hydrogens is 232 g/mol. The van der Waals surface area contributed by atoms with Gasteiger partial charge in [0.25, 0.3) is 0 Å². The second-order valence-electron chi connectivity index (χ2n) is 2.68. The molecule has 0 aliphatic heterocycles. The average Bonchev–Trinajstić information content (AvgIpc) is 2.10. The van der Waals surface area contributed by atoms with E-state index in [9.17, 15) is 0 Å². The van der Waals surface area contributed by atoms with Gasteiger partial charge >= 0.3 is 0 Å². The average molecular weight is 245 g/mol. The molecule has 0 radical (unpaired) electrons. The summed E-state index contributed by atoms with van der Waals surface area (Å²) in [6.07, 6.45) is 3.36. The monoisotopic (exact) mass is 244 g/mol. The van der Waals surface area contributed by atoms with Crippen LogP contribution in [0.2, 0.25) is 0 Å². The lowest BCUT2D eigenvalue weighted by molar-refractivity contribution is 0.898. The van der Waals surface area contributed by atoms with Crippen LogP contribution in [0.1, 0.15) is 24.2 Å². The van der Waals surface area contributed by atoms with Gasteiger partial charge in [-0.1, -0.05) is 35.0 Å². The van der Waals surface area contributed by atoms with E-state index in [1.54, 1.807) is 0 Å². The number of halogens is 1. The topological polar surface area (TPSA) is 0 Å². The standard InChI is InChI=1S/C10H13BrS/c1-3-10(12-2)8-4-6-9(11)7-5-8/h4-7,10H,3H2,1-2H3. The summed E-state index contributed by atoms with van der Waals surface area (Å²) in [6, 6.07) is 8.59. The molecule has 0 amide bonds. The molecule has 0 saturated carbocycles. The van der Waals surface area contributed by atoms with Crippen molar-refractivity contribution in [2.24, 2.45) is 0 Å². The fourth-order valence-electron chi connectivity index (χ4n) is 1.22. The number of benzene rings is 1. The third-order valence-corrected chi connectivity index (χ3v) is 3.60. The molecule has 2 heteroatoms. The molecule has 0 aromatic heterocycles. The van der Waals surface area contributed by atoms with Gasteiger partial charge in [-0.05, 0) is 30.4 Å². The lowest BCUT2D eigenvalue weighted by atomic mass is 10.1. The van der Waals surface area contributed by atoms with Crippen LogP contribution in [0.3, 0.4) is 0 Å². The molecule has 1 aromatic rings. The van der Waals surface area contributed by atoms with Gasteiger partial charge in [-0.15, -0.1) is 0 Å². The molecule has 1 atom stereocenters. The highest BCUT2D eigenvalue weighted by atomic mass is 79.9. The van der Waals surface area contributed by atoms with Crippen molar-refractivity contribution in [1.29, 1.82) is 0 Å². The quantitative estimate of drug-likeness (QED) is 0.766. The molecule has 1 unspecified atom stereocenters. The lowest BCUT2D eigenvalue weighted by Gasteiger charge is -2.11. The van der Waals surface area contributed by atoms with E-state index >= 15 is 0 Å². The minimum atomic E-state index is 0.651. The molecule has 0 fully saturated rings. The zero-order valence-corrected chi connectivity index (χ0v) is 9.78. The van der Waals surface area contributed by atoms with Gasteiger partial charge in [-0.2, -0.15) is 11.8 Å². The van der Waals surface area contributed by atoms with Gasteiger partial charge in [-0.25, -0.2) is 0 Å². The number of hydrogen-bond donors (Lipinski definition) is 0. The third-order valence-electron chi connectivity index (χ3n) is 1.90. The first kappa shape index (κ1) is 10.1. The van der Waals surface area contributed by atoms with Crippen LogP contribution in [0.25, 0.3) is 0 Å². The fraction of sp³-hybridized carbons (Fsp3) is 0.400. The van der Waals surface area contributed by atoms with Gasteiger partial charge in [0.1, 0.15) is 0 Å². The van der Waals surface area contributed by atoms with Gasteiger partial charge in [0.05, 0.1) is 0 Å². The Morgan fingerprint density at radius 2 is 1.92 bits per heavy atom. The molecule has 12 heavy (non-hydrogen) atoms. The van der Waals surface area contributed by atoms with E-state index in [0.29, 0.717) is 5.25 Å². The third kappa shape index (κ3) is 2.53. The van der Waals surface area contributed by atoms with E-state index in [1.807, 2.05) is 11.8 Å². The van der Waals surface area contributed by atoms with Crippen LogP contribution >= 0.6 is 27.7 Å². The van der Waals surface area contributed by atoms with Gasteiger partial charge in [0.15, 0.2) is 0 Å². The van der Waals surface area contributed by atoms with E-state index < -0.39 is 0 Å². The highest BCUT2D eigenvalue weighted by Gasteiger charge is 2.05. The summed E-state index contributed by atoms with van der Waals surface area (Å²) in [5.74, 6) is 0. The summed E-state index contributed by atoms with van der Waals surface area (Å²) in [5.41, 5.74) is 1.42. The van der Waals surface area contributed by atoms with Gasteiger partial charge in [0, 0.05) is 9.72 Å². The maximum atomic E-state index is 3.43. The minimum absolute atomic E-state index is 0.651. The van der Waals surface area contributed by atoms with Crippen molar-refractivity contribution in [2.45, 2.75) is 18.6 Å². The van der Waals surface area contributed by atoms with E-state index in [-0.39, 0.29) is 0 Å². The molecule has 0 bridgehead atoms. The zero-order valence-electron chi connectivity index (χ0n) is 7.38. The summed E-state index contributed by atoms with van der Waals surface area (Å²) in [7, 11) is 0. The Morgan fingerprint density at radius 1 is 1.33 bits per heavy atom. The first-order valence-electron chi connectivity index (χ1n) is 4.06. The normalized spacial score (nSPS) is 12.9. The number of hydrogen-bond acceptors (Lipinski definition) is 1. The summed E-state index contributed by atoms with van der Waals surface area (Å²) in [4.78, 5) is 0. The Kier molecular flexibility index (Phi) is 4.16. The van der Waals surface area contributed by atoms with Crippen molar-refractivity contribution < 1.29 is 0 Å². The first-order chi connectivity index (χ1) is 5.77. The molecule has 0 saturated heterocycles. The largest absolute Gasteiger partial charge is 0.157 e. The maximum Gasteiger partial charge on any atom is 0.0291 e. The predicted molar refractivity (Wildman–Crippen MR) is 60.7 cm³/mol. The van der Waals surface area contributed by atoms with Crippen molar-refractivity contribution in [3.63, 3.8) is 0 Å². The smallest absolute Gasteiger partial charge is 0.0291 e. The molecule has 0 aliphatic carbocycles. The van der Waals surface area contributed by atoms with Crippen LogP contribution in [0.5, 0.6) is 0 Å². The molecule has 0 nitrogen and oxygen atoms in total. The molecule has 0 N–H and O–H groups in total. The van der Waals surface area contributed by atoms with Crippen LogP contribution in [0.15, 0.2) is 28.7 Å². The summed E-state index contributed by atoms with van der Waals surface area (Å²) in [6.45, 7) is 2.23. The second-order valence-corrected chi connectivity index (χ2v) is 4.64. The second kappa shape index (κ2) is 4.93. The highest BCUT2D eigenvalue weighted by molar-refractivity contribution is 9.10. The summed E-state index contributed by atoms with van der Waals surface area (Å²) in [5, 5.41) is 0.651. The van der Waals surface area contributed by atoms with Crippen LogP contribution in [0, 0.1) is 0 Å². The van der Waals surface area contributed by atoms with E-state index in [1.165, 1.54) is 12.0 Å². The van der Waals surface area contributed by atoms with E-state index in [0.717, 1.165) is 4.47 Å². The van der Waals surface area contributed by atoms with Gasteiger partial charge in [0.2, 0.25) is 0 Å². The Labute approximate surface area is 86.9 Å². The van der Waals surface area contributed by atoms with Crippen LogP contribution in [0.4, 0.5) is 0 Å². The Bertz CT molecular complexity index is 226. The maximum absolute atomic E-state index is 3.43. The van der Waals surface area contributed by atoms with Crippen molar-refractivity contribution >= 4 is 27.7 Å². The summed E-state index contributed by atoms with van der Waals surface area (Å²) < 4.78 is 1.15. The highest BCUT2D eigenvalue weighted by Crippen LogP contribution is 2.30. The fourth-order valence-corrected chi connectivity index (χ4v) is 2.24. The van der Waals surface area contributed by atoms with Gasteiger partial charge < -0.3 is 0 Å². The Hall–Kier alpha value is 0.0500. The molecule has 0 heterocycles.